The number of hydrogen-bond acceptors (Lipinski definition) is 7. The van der Waals surface area contributed by atoms with E-state index in [0.717, 1.165) is 23.8 Å². The van der Waals surface area contributed by atoms with Gasteiger partial charge in [0.05, 0.1) is 41.7 Å². The van der Waals surface area contributed by atoms with Gasteiger partial charge in [0, 0.05) is 38.2 Å². The zero-order valence-corrected chi connectivity index (χ0v) is 21.4. The molecule has 2 aliphatic heterocycles. The topological polar surface area (TPSA) is 84.0 Å². The van der Waals surface area contributed by atoms with Gasteiger partial charge in [0.1, 0.15) is 11.6 Å². The monoisotopic (exact) mass is 550 g/mol. The molecule has 0 spiro atoms. The number of alkyl halides is 3. The number of nitrogens with one attached hydrogen (secondary N) is 1. The van der Waals surface area contributed by atoms with Crippen molar-refractivity contribution in [2.75, 3.05) is 32.6 Å². The molecule has 0 unspecified atom stereocenters. The fraction of sp³-hybridized carbons (Fsp3) is 0.500. The summed E-state index contributed by atoms with van der Waals surface area (Å²) in [6.07, 6.45) is -3.22. The first-order valence-corrected chi connectivity index (χ1v) is 12.8. The van der Waals surface area contributed by atoms with Crippen LogP contribution in [0.4, 0.5) is 19.0 Å². The van der Waals surface area contributed by atoms with E-state index >= 15 is 0 Å². The molecule has 8 nitrogen and oxygen atoms in total. The summed E-state index contributed by atoms with van der Waals surface area (Å²) < 4.78 is 43.9. The minimum Gasteiger partial charge on any atom is -0.497 e. The van der Waals surface area contributed by atoms with Crippen molar-refractivity contribution in [2.24, 2.45) is 29.6 Å². The maximum absolute atomic E-state index is 13.5. The van der Waals surface area contributed by atoms with E-state index < -0.39 is 23.6 Å². The van der Waals surface area contributed by atoms with Crippen molar-refractivity contribution in [2.45, 2.75) is 24.7 Å². The number of hydroxylamine groups is 2. The molecule has 38 heavy (non-hydrogen) atoms. The molecule has 3 heterocycles. The average Bonchev–Trinajstić information content (AvgIpc) is 3.59. The Kier molecular flexibility index (Phi) is 6.08. The van der Waals surface area contributed by atoms with Gasteiger partial charge < -0.3 is 10.1 Å². The smallest absolute Gasteiger partial charge is 0.417 e. The van der Waals surface area contributed by atoms with Crippen molar-refractivity contribution in [3.8, 4) is 5.75 Å². The van der Waals surface area contributed by atoms with Crippen LogP contribution in [0.25, 0.3) is 0 Å². The molecular weight excluding hydrogens is 525 g/mol. The van der Waals surface area contributed by atoms with Crippen LogP contribution >= 0.6 is 11.6 Å². The van der Waals surface area contributed by atoms with Crippen LogP contribution in [0.1, 0.15) is 23.6 Å². The zero-order chi connectivity index (χ0) is 26.9. The van der Waals surface area contributed by atoms with E-state index in [4.69, 9.17) is 21.2 Å². The van der Waals surface area contributed by atoms with Crippen LogP contribution in [0, 0.1) is 29.6 Å². The van der Waals surface area contributed by atoms with Crippen molar-refractivity contribution in [1.82, 2.24) is 14.9 Å². The van der Waals surface area contributed by atoms with Crippen LogP contribution in [0.15, 0.2) is 36.5 Å². The summed E-state index contributed by atoms with van der Waals surface area (Å²) in [6.45, 7) is 0.187. The van der Waals surface area contributed by atoms with Crippen molar-refractivity contribution >= 4 is 29.2 Å². The summed E-state index contributed by atoms with van der Waals surface area (Å²) in [5.74, 6) is -0.318. The first kappa shape index (κ1) is 25.4. The molecule has 1 N–H and O–H groups in total. The number of hydrogen-bond donors (Lipinski definition) is 1. The number of imide groups is 1. The second-order valence-corrected chi connectivity index (χ2v) is 10.7. The second-order valence-electron chi connectivity index (χ2n) is 10.3. The number of nitrogens with zero attached hydrogens (tertiary/aromatic N) is 3. The van der Waals surface area contributed by atoms with Gasteiger partial charge in [-0.1, -0.05) is 23.7 Å². The van der Waals surface area contributed by atoms with E-state index in [1.54, 1.807) is 7.11 Å². The van der Waals surface area contributed by atoms with Gasteiger partial charge in [-0.2, -0.15) is 18.2 Å². The lowest BCUT2D eigenvalue weighted by Crippen LogP contribution is -2.39. The predicted molar refractivity (Wildman–Crippen MR) is 130 cm³/mol. The number of pyridine rings is 1. The Morgan fingerprint density at radius 1 is 1.16 bits per heavy atom. The number of likely N-dealkylation sites (tertiary alicyclic amines) is 1. The molecule has 2 saturated heterocycles. The second kappa shape index (κ2) is 9.10. The molecule has 12 heteroatoms. The molecule has 4 aliphatic rings. The number of methoxy groups -OCH3 is 1. The van der Waals surface area contributed by atoms with E-state index in [-0.39, 0.29) is 65.6 Å². The Morgan fingerprint density at radius 2 is 1.84 bits per heavy atom. The van der Waals surface area contributed by atoms with E-state index in [1.807, 2.05) is 36.4 Å². The minimum absolute atomic E-state index is 0.0208. The van der Waals surface area contributed by atoms with Crippen molar-refractivity contribution < 1.29 is 32.3 Å². The fourth-order valence-corrected chi connectivity index (χ4v) is 7.30. The van der Waals surface area contributed by atoms with E-state index in [9.17, 15) is 22.8 Å². The van der Waals surface area contributed by atoms with Gasteiger partial charge in [-0.05, 0) is 36.1 Å². The lowest BCUT2D eigenvalue weighted by molar-refractivity contribution is -0.164. The lowest BCUT2D eigenvalue weighted by Gasteiger charge is -2.32. The number of rotatable bonds is 6. The van der Waals surface area contributed by atoms with Gasteiger partial charge in [-0.25, -0.2) is 4.98 Å². The van der Waals surface area contributed by atoms with Crippen LogP contribution in [0.3, 0.4) is 0 Å². The quantitative estimate of drug-likeness (QED) is 0.544. The first-order chi connectivity index (χ1) is 18.1. The highest BCUT2D eigenvalue weighted by molar-refractivity contribution is 6.33. The normalized spacial score (nSPS) is 32.2. The third-order valence-corrected chi connectivity index (χ3v) is 8.84. The van der Waals surface area contributed by atoms with Gasteiger partial charge in [0.2, 0.25) is 11.8 Å². The molecule has 2 saturated carbocycles. The molecular formula is C26H26ClF3N4O4. The summed E-state index contributed by atoms with van der Waals surface area (Å²) >= 11 is 5.96. The maximum atomic E-state index is 13.5. The van der Waals surface area contributed by atoms with Gasteiger partial charge in [0.25, 0.3) is 0 Å². The van der Waals surface area contributed by atoms with E-state index in [2.05, 4.69) is 10.3 Å². The Morgan fingerprint density at radius 3 is 2.47 bits per heavy atom. The maximum Gasteiger partial charge on any atom is 0.417 e. The van der Waals surface area contributed by atoms with Crippen LogP contribution in [-0.4, -0.2) is 60.1 Å². The number of carbonyl (C=O) groups is 2. The van der Waals surface area contributed by atoms with Gasteiger partial charge in [0.15, 0.2) is 0 Å². The fourth-order valence-electron chi connectivity index (χ4n) is 7.07. The van der Waals surface area contributed by atoms with Crippen molar-refractivity contribution in [3.63, 3.8) is 0 Å². The molecule has 1 aromatic heterocycles. The molecule has 4 fully saturated rings. The van der Waals surface area contributed by atoms with Crippen LogP contribution in [0.5, 0.6) is 5.75 Å². The van der Waals surface area contributed by atoms with Crippen molar-refractivity contribution in [3.05, 3.63) is 52.7 Å². The molecule has 2 aliphatic carbocycles. The third-order valence-electron chi connectivity index (χ3n) is 8.55. The Hall–Kier alpha value is -2.89. The van der Waals surface area contributed by atoms with Gasteiger partial charge in [-0.3, -0.25) is 19.3 Å². The third kappa shape index (κ3) is 3.85. The predicted octanol–water partition coefficient (Wildman–Crippen LogP) is 4.03. The Balaban J connectivity index is 1.15. The summed E-state index contributed by atoms with van der Waals surface area (Å²) in [6, 6.07) is 8.59. The molecule has 202 valence electrons. The minimum atomic E-state index is -4.55. The van der Waals surface area contributed by atoms with Crippen LogP contribution in [-0.2, 0) is 20.6 Å². The molecule has 2 aromatic rings. The summed E-state index contributed by atoms with van der Waals surface area (Å²) in [5, 5.41) is 4.52. The first-order valence-electron chi connectivity index (χ1n) is 12.5. The van der Waals surface area contributed by atoms with Crippen molar-refractivity contribution in [1.29, 1.82) is 0 Å². The van der Waals surface area contributed by atoms with E-state index in [1.165, 1.54) is 4.90 Å². The SMILES string of the molecule is COc1ccc([C@H]2[C@H]3[C@@H]4C[C@@H]([C@@H]3ON2C)[C@@H]2C(=O)N(CCNc3ncc(C(F)(F)F)cc3Cl)C(=O)[C@@H]42)cc1. The highest BCUT2D eigenvalue weighted by Crippen LogP contribution is 2.65. The number of carbonyl (C=O) groups excluding carboxylic acids is 2. The summed E-state index contributed by atoms with van der Waals surface area (Å²) in [5.41, 5.74) is 0.122. The highest BCUT2D eigenvalue weighted by atomic mass is 35.5. The van der Waals surface area contributed by atoms with Gasteiger partial charge in [-0.15, -0.1) is 0 Å². The lowest BCUT2D eigenvalue weighted by atomic mass is 9.70. The Labute approximate surface area is 222 Å². The number of fused-ring (bicyclic) bond motifs is 8. The zero-order valence-electron chi connectivity index (χ0n) is 20.6. The standard InChI is InChI=1S/C26H26ClF3N4O4/c1-33-21(12-3-5-14(37-2)6-4-12)20-15-10-16(22(20)38-33)19-18(15)24(35)34(25(19)36)8-7-31-23-17(27)9-13(11-32-23)26(28,29)30/h3-6,9,11,15-16,18-22H,7-8,10H2,1-2H3,(H,31,32)/t15-,16-,18+,19+,20-,21+,22+/m1/s1. The number of benzene rings is 1. The average molecular weight is 551 g/mol. The number of amides is 2. The van der Waals surface area contributed by atoms with Gasteiger partial charge >= 0.3 is 6.18 Å². The Bertz CT molecular complexity index is 1280. The summed E-state index contributed by atoms with van der Waals surface area (Å²) in [7, 11) is 3.51. The number of ether oxygens (including phenoxy) is 1. The van der Waals surface area contributed by atoms with E-state index in [0.29, 0.717) is 6.20 Å². The number of halogens is 4. The molecule has 1 aromatic carbocycles. The largest absolute Gasteiger partial charge is 0.497 e. The number of aromatic nitrogens is 1. The molecule has 6 rings (SSSR count). The highest BCUT2D eigenvalue weighted by Gasteiger charge is 2.71. The summed E-state index contributed by atoms with van der Waals surface area (Å²) in [4.78, 5) is 38.1. The molecule has 2 amide bonds. The van der Waals surface area contributed by atoms with Crippen LogP contribution < -0.4 is 10.1 Å². The van der Waals surface area contributed by atoms with Crippen LogP contribution in [0.2, 0.25) is 5.02 Å². The molecule has 2 bridgehead atoms. The molecule has 0 radical (unpaired) electrons. The number of anilines is 1. The molecule has 7 atom stereocenters.